The third-order valence-electron chi connectivity index (χ3n) is 3.74. The number of halogens is 1. The number of hydrogen-bond donors (Lipinski definition) is 1. The highest BCUT2D eigenvalue weighted by Crippen LogP contribution is 2.12. The summed E-state index contributed by atoms with van der Waals surface area (Å²) in [5.74, 6) is 0.858. The molecule has 3 rings (SSSR count). The second kappa shape index (κ2) is 9.00. The van der Waals surface area contributed by atoms with E-state index in [2.05, 4.69) is 26.2 Å². The van der Waals surface area contributed by atoms with Crippen LogP contribution in [0.5, 0.6) is 0 Å². The van der Waals surface area contributed by atoms with Crippen molar-refractivity contribution in [3.63, 3.8) is 0 Å². The third kappa shape index (κ3) is 5.19. The van der Waals surface area contributed by atoms with Crippen LogP contribution in [0.3, 0.4) is 0 Å². The van der Waals surface area contributed by atoms with Gasteiger partial charge in [0, 0.05) is 29.0 Å². The molecule has 0 spiro atoms. The van der Waals surface area contributed by atoms with Crippen LogP contribution in [0.15, 0.2) is 64.0 Å². The van der Waals surface area contributed by atoms with Crippen LogP contribution in [0.25, 0.3) is 5.65 Å². The van der Waals surface area contributed by atoms with Crippen molar-refractivity contribution in [3.8, 4) is 0 Å². The van der Waals surface area contributed by atoms with Gasteiger partial charge >= 0.3 is 0 Å². The minimum atomic E-state index is -0.126. The summed E-state index contributed by atoms with van der Waals surface area (Å²) in [5.41, 5.74) is 2.36. The van der Waals surface area contributed by atoms with Crippen LogP contribution in [0.2, 0.25) is 0 Å². The van der Waals surface area contributed by atoms with Gasteiger partial charge in [0.2, 0.25) is 5.91 Å². The van der Waals surface area contributed by atoms with E-state index in [1.807, 2.05) is 36.4 Å². The molecule has 0 aliphatic rings. The van der Waals surface area contributed by atoms with Gasteiger partial charge in [-0.1, -0.05) is 30.3 Å². The molecule has 1 N–H and O–H groups in total. The van der Waals surface area contributed by atoms with Crippen LogP contribution < -0.4 is 10.9 Å². The highest BCUT2D eigenvalue weighted by Gasteiger charge is 2.06. The van der Waals surface area contributed by atoms with Crippen LogP contribution in [0, 0.1) is 0 Å². The van der Waals surface area contributed by atoms with E-state index in [1.54, 1.807) is 12.3 Å². The Bertz CT molecular complexity index is 960. The number of pyridine rings is 1. The number of benzene rings is 1. The summed E-state index contributed by atoms with van der Waals surface area (Å²) in [5, 5.41) is 2.91. The fraction of sp³-hybridized carbons (Fsp3) is 0.211. The van der Waals surface area contributed by atoms with Crippen LogP contribution >= 0.6 is 27.7 Å². The highest BCUT2D eigenvalue weighted by atomic mass is 79.9. The molecule has 2 heterocycles. The smallest absolute Gasteiger partial charge is 0.258 e. The Morgan fingerprint density at radius 1 is 1.19 bits per heavy atom. The summed E-state index contributed by atoms with van der Waals surface area (Å²) in [6, 6.07) is 15.2. The fourth-order valence-corrected chi connectivity index (χ4v) is 3.57. The van der Waals surface area contributed by atoms with Crippen LogP contribution in [-0.4, -0.2) is 27.6 Å². The number of aromatic nitrogens is 2. The lowest BCUT2D eigenvalue weighted by atomic mass is 10.1. The molecule has 3 aromatic rings. The van der Waals surface area contributed by atoms with Gasteiger partial charge in [-0.25, -0.2) is 4.98 Å². The molecule has 134 valence electrons. The largest absolute Gasteiger partial charge is 0.355 e. The standard InChI is InChI=1S/C19H18BrN3O2S/c20-15-6-7-17-22-16(10-19(25)23(17)11-15)12-26-13-18(24)21-9-8-14-4-2-1-3-5-14/h1-7,10-11H,8-9,12-13H2,(H,21,24). The van der Waals surface area contributed by atoms with Gasteiger partial charge in [0.15, 0.2) is 0 Å². The summed E-state index contributed by atoms with van der Waals surface area (Å²) < 4.78 is 2.32. The normalized spacial score (nSPS) is 10.8. The predicted octanol–water partition coefficient (Wildman–Crippen LogP) is 3.05. The Hall–Kier alpha value is -2.12. The first-order valence-corrected chi connectivity index (χ1v) is 10.1. The topological polar surface area (TPSA) is 63.5 Å². The first-order chi connectivity index (χ1) is 12.6. The number of nitrogens with one attached hydrogen (secondary N) is 1. The summed E-state index contributed by atoms with van der Waals surface area (Å²) in [4.78, 5) is 28.5. The summed E-state index contributed by atoms with van der Waals surface area (Å²) >= 11 is 4.79. The third-order valence-corrected chi connectivity index (χ3v) is 5.17. The molecule has 1 aromatic carbocycles. The molecule has 0 atom stereocenters. The Labute approximate surface area is 164 Å². The second-order valence-electron chi connectivity index (χ2n) is 5.74. The van der Waals surface area contributed by atoms with E-state index in [-0.39, 0.29) is 11.5 Å². The molecule has 0 unspecified atom stereocenters. The van der Waals surface area contributed by atoms with Crippen LogP contribution in [-0.2, 0) is 17.0 Å². The lowest BCUT2D eigenvalue weighted by molar-refractivity contribution is -0.118. The van der Waals surface area contributed by atoms with Crippen molar-refractivity contribution >= 4 is 39.2 Å². The van der Waals surface area contributed by atoms with Gasteiger partial charge in [0.1, 0.15) is 5.65 Å². The van der Waals surface area contributed by atoms with Crippen molar-refractivity contribution in [1.82, 2.24) is 14.7 Å². The maximum Gasteiger partial charge on any atom is 0.258 e. The maximum atomic E-state index is 12.1. The van der Waals surface area contributed by atoms with Gasteiger partial charge in [-0.05, 0) is 40.0 Å². The van der Waals surface area contributed by atoms with E-state index in [0.29, 0.717) is 29.4 Å². The molecule has 0 saturated carbocycles. The zero-order chi connectivity index (χ0) is 18.4. The van der Waals surface area contributed by atoms with Gasteiger partial charge in [0.05, 0.1) is 11.4 Å². The SMILES string of the molecule is O=C(CSCc1cc(=O)n2cc(Br)ccc2n1)NCCc1ccccc1. The van der Waals surface area contributed by atoms with Crippen LogP contribution in [0.4, 0.5) is 0 Å². The molecule has 1 amide bonds. The number of hydrogen-bond acceptors (Lipinski definition) is 4. The lowest BCUT2D eigenvalue weighted by Gasteiger charge is -2.06. The van der Waals surface area contributed by atoms with Crippen molar-refractivity contribution in [3.05, 3.63) is 80.8 Å². The molecule has 5 nitrogen and oxygen atoms in total. The molecule has 0 fully saturated rings. The van der Waals surface area contributed by atoms with Gasteiger partial charge in [-0.3, -0.25) is 14.0 Å². The highest BCUT2D eigenvalue weighted by molar-refractivity contribution is 9.10. The number of rotatable bonds is 7. The molecule has 2 aromatic heterocycles. The van der Waals surface area contributed by atoms with Gasteiger partial charge in [-0.15, -0.1) is 11.8 Å². The summed E-state index contributed by atoms with van der Waals surface area (Å²) in [6.07, 6.45) is 2.51. The van der Waals surface area contributed by atoms with Crippen LogP contribution in [0.1, 0.15) is 11.3 Å². The second-order valence-corrected chi connectivity index (χ2v) is 7.64. The monoisotopic (exact) mass is 431 g/mol. The Kier molecular flexibility index (Phi) is 6.46. The molecule has 0 aliphatic carbocycles. The van der Waals surface area contributed by atoms with E-state index in [1.165, 1.54) is 27.8 Å². The minimum Gasteiger partial charge on any atom is -0.355 e. The molecule has 0 aliphatic heterocycles. The average molecular weight is 432 g/mol. The van der Waals surface area contributed by atoms with Gasteiger partial charge in [-0.2, -0.15) is 0 Å². The molecule has 0 radical (unpaired) electrons. The number of thioether (sulfide) groups is 1. The summed E-state index contributed by atoms with van der Waals surface area (Å²) in [7, 11) is 0. The zero-order valence-corrected chi connectivity index (χ0v) is 16.4. The molecular formula is C19H18BrN3O2S. The van der Waals surface area contributed by atoms with E-state index in [4.69, 9.17) is 0 Å². The van der Waals surface area contributed by atoms with Crippen molar-refractivity contribution in [2.75, 3.05) is 12.3 Å². The first kappa shape index (κ1) is 18.7. The summed E-state index contributed by atoms with van der Waals surface area (Å²) in [6.45, 7) is 0.619. The maximum absolute atomic E-state index is 12.1. The number of carbonyl (C=O) groups excluding carboxylic acids is 1. The molecule has 7 heteroatoms. The van der Waals surface area contributed by atoms with E-state index < -0.39 is 0 Å². The molecule has 26 heavy (non-hydrogen) atoms. The van der Waals surface area contributed by atoms with E-state index in [0.717, 1.165) is 10.9 Å². The fourth-order valence-electron chi connectivity index (χ4n) is 2.49. The van der Waals surface area contributed by atoms with E-state index in [9.17, 15) is 9.59 Å². The van der Waals surface area contributed by atoms with E-state index >= 15 is 0 Å². The van der Waals surface area contributed by atoms with Crippen molar-refractivity contribution in [2.45, 2.75) is 12.2 Å². The number of amides is 1. The van der Waals surface area contributed by atoms with Gasteiger partial charge < -0.3 is 5.32 Å². The molecule has 0 saturated heterocycles. The Morgan fingerprint density at radius 3 is 2.81 bits per heavy atom. The molecule has 0 bridgehead atoms. The number of fused-ring (bicyclic) bond motifs is 1. The average Bonchev–Trinajstić information content (AvgIpc) is 2.63. The zero-order valence-electron chi connectivity index (χ0n) is 14.0. The van der Waals surface area contributed by atoms with Gasteiger partial charge in [0.25, 0.3) is 5.56 Å². The minimum absolute atomic E-state index is 0.00706. The van der Waals surface area contributed by atoms with Crippen molar-refractivity contribution in [1.29, 1.82) is 0 Å². The quantitative estimate of drug-likeness (QED) is 0.624. The molecular weight excluding hydrogens is 414 g/mol. The van der Waals surface area contributed by atoms with Crippen molar-refractivity contribution < 1.29 is 4.79 Å². The van der Waals surface area contributed by atoms with Crippen molar-refractivity contribution in [2.24, 2.45) is 0 Å². The first-order valence-electron chi connectivity index (χ1n) is 8.18. The lowest BCUT2D eigenvalue weighted by Crippen LogP contribution is -2.27. The number of nitrogens with zero attached hydrogens (tertiary/aromatic N) is 2. The number of carbonyl (C=O) groups is 1. The Balaban J connectivity index is 1.47. The Morgan fingerprint density at radius 2 is 2.00 bits per heavy atom. The predicted molar refractivity (Wildman–Crippen MR) is 108 cm³/mol.